The summed E-state index contributed by atoms with van der Waals surface area (Å²) in [6, 6.07) is 1.38. The van der Waals surface area contributed by atoms with Gasteiger partial charge in [0.05, 0.1) is 0 Å². The Balaban J connectivity index is 2.07. The fourth-order valence-electron chi connectivity index (χ4n) is 1.49. The average Bonchev–Trinajstić information content (AvgIpc) is 3.17. The minimum Gasteiger partial charge on any atom is -0.493 e. The Bertz CT molecular complexity index is 791. The van der Waals surface area contributed by atoms with Gasteiger partial charge in [-0.25, -0.2) is 15.0 Å². The molecule has 3 aromatic rings. The molecule has 3 aromatic heterocycles. The number of halogens is 3. The number of nitrogens with zero attached hydrogens (tertiary/aromatic N) is 4. The Morgan fingerprint density at radius 2 is 2.00 bits per heavy atom. The van der Waals surface area contributed by atoms with Gasteiger partial charge in [-0.2, -0.15) is 18.2 Å². The molecule has 0 aliphatic heterocycles. The van der Waals surface area contributed by atoms with Gasteiger partial charge in [0.15, 0.2) is 16.5 Å². The van der Waals surface area contributed by atoms with E-state index in [1.807, 2.05) is 0 Å². The predicted molar refractivity (Wildman–Crippen MR) is 70.9 cm³/mol. The molecule has 0 saturated carbocycles. The summed E-state index contributed by atoms with van der Waals surface area (Å²) in [6.07, 6.45) is -2.97. The van der Waals surface area contributed by atoms with Crippen LogP contribution in [-0.4, -0.2) is 26.5 Å². The molecule has 0 radical (unpaired) electrons. The van der Waals surface area contributed by atoms with Crippen LogP contribution >= 0.6 is 22.7 Å². The Kier molecular flexibility index (Phi) is 3.04. The number of aromatic nitrogens is 4. The number of rotatable bonds is 3. The van der Waals surface area contributed by atoms with Crippen molar-refractivity contribution in [3.63, 3.8) is 0 Å². The standard InChI is InChI=1S/C11H5F3N4OS2/c12-11(13,14)6-4-21-10(17-6)8-16-5(3-7(19)18-8)9-15-1-2-20-9/h1-4H,(H,16,18,19)/i/hD. The van der Waals surface area contributed by atoms with Gasteiger partial charge in [-0.05, 0) is 0 Å². The minimum absolute atomic E-state index is 0.0102. The lowest BCUT2D eigenvalue weighted by molar-refractivity contribution is -0.140. The lowest BCUT2D eigenvalue weighted by Crippen LogP contribution is -2.05. The summed E-state index contributed by atoms with van der Waals surface area (Å²) in [5.74, 6) is -0.144. The van der Waals surface area contributed by atoms with Crippen LogP contribution in [0, 0.1) is 0 Å². The van der Waals surface area contributed by atoms with E-state index >= 15 is 0 Å². The molecule has 0 fully saturated rings. The molecule has 0 unspecified atom stereocenters. The number of alkyl halides is 3. The van der Waals surface area contributed by atoms with Crippen molar-refractivity contribution in [2.45, 2.75) is 6.18 Å². The van der Waals surface area contributed by atoms with E-state index in [0.29, 0.717) is 10.7 Å². The zero-order chi connectivity index (χ0) is 15.7. The highest BCUT2D eigenvalue weighted by Gasteiger charge is 2.34. The number of hydrogen-bond donors (Lipinski definition) is 1. The van der Waals surface area contributed by atoms with Gasteiger partial charge in [0.1, 0.15) is 10.7 Å². The van der Waals surface area contributed by atoms with Gasteiger partial charge >= 0.3 is 6.18 Å². The van der Waals surface area contributed by atoms with Gasteiger partial charge in [0, 0.05) is 23.0 Å². The van der Waals surface area contributed by atoms with E-state index in [1.54, 1.807) is 11.6 Å². The van der Waals surface area contributed by atoms with E-state index in [9.17, 15) is 13.2 Å². The first-order chi connectivity index (χ1) is 10.5. The molecule has 108 valence electrons. The van der Waals surface area contributed by atoms with E-state index in [1.165, 1.54) is 17.4 Å². The van der Waals surface area contributed by atoms with Crippen LogP contribution in [-0.2, 0) is 6.18 Å². The van der Waals surface area contributed by atoms with Crippen molar-refractivity contribution in [1.82, 2.24) is 19.9 Å². The normalized spacial score (nSPS) is 12.2. The third-order valence-corrected chi connectivity index (χ3v) is 3.97. The van der Waals surface area contributed by atoms with Gasteiger partial charge in [0.2, 0.25) is 5.88 Å². The molecule has 0 spiro atoms. The molecule has 0 saturated heterocycles. The summed E-state index contributed by atoms with van der Waals surface area (Å²) < 4.78 is 44.7. The van der Waals surface area contributed by atoms with Crippen LogP contribution in [0.4, 0.5) is 13.2 Å². The molecule has 0 amide bonds. The van der Waals surface area contributed by atoms with Crippen molar-refractivity contribution in [2.24, 2.45) is 0 Å². The highest BCUT2D eigenvalue weighted by molar-refractivity contribution is 7.13. The topological polar surface area (TPSA) is 71.8 Å². The van der Waals surface area contributed by atoms with Crippen LogP contribution in [0.25, 0.3) is 21.5 Å². The minimum atomic E-state index is -4.53. The Labute approximate surface area is 125 Å². The maximum atomic E-state index is 12.6. The number of aromatic hydroxyl groups is 1. The first-order valence-corrected chi connectivity index (χ1v) is 7.18. The van der Waals surface area contributed by atoms with Crippen LogP contribution < -0.4 is 0 Å². The van der Waals surface area contributed by atoms with Crippen LogP contribution in [0.3, 0.4) is 0 Å². The van der Waals surface area contributed by atoms with Crippen molar-refractivity contribution in [1.29, 1.82) is 1.43 Å². The van der Waals surface area contributed by atoms with Gasteiger partial charge in [-0.3, -0.25) is 0 Å². The summed E-state index contributed by atoms with van der Waals surface area (Å²) in [5, 5.41) is 7.46. The van der Waals surface area contributed by atoms with Gasteiger partial charge in [-0.1, -0.05) is 0 Å². The van der Waals surface area contributed by atoms with Crippen molar-refractivity contribution >= 4 is 22.7 Å². The number of hydrogen-bond acceptors (Lipinski definition) is 7. The van der Waals surface area contributed by atoms with Gasteiger partial charge in [-0.15, -0.1) is 22.7 Å². The SMILES string of the molecule is [2H]Oc1cc(-c2nccs2)nc(-c2nc(C(F)(F)F)cs2)n1. The van der Waals surface area contributed by atoms with E-state index in [-0.39, 0.29) is 16.7 Å². The third-order valence-electron chi connectivity index (χ3n) is 2.34. The largest absolute Gasteiger partial charge is 0.493 e. The third kappa shape index (κ3) is 2.85. The fraction of sp³-hybridized carbons (Fsp3) is 0.0909. The summed E-state index contributed by atoms with van der Waals surface area (Å²) >= 11 is 2.06. The van der Waals surface area contributed by atoms with E-state index in [4.69, 9.17) is 1.43 Å². The summed E-state index contributed by atoms with van der Waals surface area (Å²) in [5.41, 5.74) is -0.657. The van der Waals surface area contributed by atoms with Crippen LogP contribution in [0.2, 0.25) is 0 Å². The first-order valence-electron chi connectivity index (χ1n) is 5.83. The molecule has 0 aliphatic carbocycles. The zero-order valence-corrected chi connectivity index (χ0v) is 11.6. The molecule has 0 aromatic carbocycles. The smallest absolute Gasteiger partial charge is 0.434 e. The van der Waals surface area contributed by atoms with Crippen molar-refractivity contribution < 1.29 is 18.3 Å². The fourth-order valence-corrected chi connectivity index (χ4v) is 2.84. The highest BCUT2D eigenvalue weighted by Crippen LogP contribution is 2.33. The van der Waals surface area contributed by atoms with E-state index in [2.05, 4.69) is 25.0 Å². The molecule has 10 heteroatoms. The van der Waals surface area contributed by atoms with Crippen molar-refractivity contribution in [3.05, 3.63) is 28.7 Å². The number of thiazole rings is 2. The van der Waals surface area contributed by atoms with Gasteiger partial charge < -0.3 is 5.11 Å². The summed E-state index contributed by atoms with van der Waals surface area (Å²) in [7, 11) is 0. The molecule has 3 heterocycles. The van der Waals surface area contributed by atoms with Crippen molar-refractivity contribution in [2.75, 3.05) is 0 Å². The van der Waals surface area contributed by atoms with E-state index in [0.717, 1.165) is 16.7 Å². The van der Waals surface area contributed by atoms with Crippen LogP contribution in [0.1, 0.15) is 5.69 Å². The zero-order valence-electron chi connectivity index (χ0n) is 11.0. The second-order valence-electron chi connectivity index (χ2n) is 3.79. The second kappa shape index (κ2) is 5.04. The summed E-state index contributed by atoms with van der Waals surface area (Å²) in [6.45, 7) is 0. The van der Waals surface area contributed by atoms with E-state index < -0.39 is 11.9 Å². The van der Waals surface area contributed by atoms with Crippen LogP contribution in [0.15, 0.2) is 23.0 Å². The molecular weight excluding hydrogens is 325 g/mol. The van der Waals surface area contributed by atoms with Crippen molar-refractivity contribution in [3.8, 4) is 27.4 Å². The maximum absolute atomic E-state index is 12.6. The van der Waals surface area contributed by atoms with Gasteiger partial charge in [0.25, 0.3) is 1.43 Å². The molecule has 3 rings (SSSR count). The Morgan fingerprint density at radius 1 is 1.14 bits per heavy atom. The monoisotopic (exact) mass is 331 g/mol. The average molecular weight is 331 g/mol. The first kappa shape index (κ1) is 12.7. The second-order valence-corrected chi connectivity index (χ2v) is 5.54. The predicted octanol–water partition coefficient (Wildman–Crippen LogP) is 3.45. The molecule has 5 nitrogen and oxygen atoms in total. The molecule has 0 aliphatic rings. The quantitative estimate of drug-likeness (QED) is 0.796. The Morgan fingerprint density at radius 3 is 2.62 bits per heavy atom. The summed E-state index contributed by atoms with van der Waals surface area (Å²) in [4.78, 5) is 15.5. The lowest BCUT2D eigenvalue weighted by atomic mass is 10.4. The maximum Gasteiger partial charge on any atom is 0.434 e. The molecule has 21 heavy (non-hydrogen) atoms. The highest BCUT2D eigenvalue weighted by atomic mass is 32.1. The molecular formula is C11H5F3N4OS2. The molecule has 1 N–H and O–H groups in total. The van der Waals surface area contributed by atoms with Crippen LogP contribution in [0.5, 0.6) is 5.88 Å². The lowest BCUT2D eigenvalue weighted by Gasteiger charge is -2.01. The molecule has 0 atom stereocenters. The molecule has 0 bridgehead atoms. The Hall–Kier alpha value is -2.07.